The minimum absolute atomic E-state index is 0.0187. The second kappa shape index (κ2) is 13.5. The van der Waals surface area contributed by atoms with Crippen molar-refractivity contribution in [2.75, 3.05) is 17.4 Å². The molecule has 1 unspecified atom stereocenters. The molecule has 0 aromatic heterocycles. The Morgan fingerprint density at radius 1 is 1.00 bits per heavy atom. The summed E-state index contributed by atoms with van der Waals surface area (Å²) >= 11 is 15.8. The van der Waals surface area contributed by atoms with Gasteiger partial charge >= 0.3 is 0 Å². The number of carbonyl (C=O) groups excluding carboxylic acids is 2. The van der Waals surface area contributed by atoms with Gasteiger partial charge in [-0.3, -0.25) is 13.9 Å². The number of amides is 2. The fourth-order valence-corrected chi connectivity index (χ4v) is 5.84. The molecule has 0 saturated carbocycles. The number of sulfonamides is 1. The Hall–Kier alpha value is -2.59. The number of hydrogen-bond donors (Lipinski definition) is 1. The van der Waals surface area contributed by atoms with Gasteiger partial charge in [0.15, 0.2) is 0 Å². The van der Waals surface area contributed by atoms with Crippen LogP contribution >= 0.6 is 39.1 Å². The Morgan fingerprint density at radius 3 is 2.26 bits per heavy atom. The van der Waals surface area contributed by atoms with Crippen molar-refractivity contribution in [1.29, 1.82) is 0 Å². The minimum Gasteiger partial charge on any atom is -0.354 e. The molecule has 202 valence electrons. The van der Waals surface area contributed by atoms with Crippen molar-refractivity contribution >= 4 is 66.7 Å². The quantitative estimate of drug-likeness (QED) is 0.283. The van der Waals surface area contributed by atoms with E-state index >= 15 is 0 Å². The standard InChI is InChI=1S/C27H28BrCl2N3O4S/c1-3-15-31-27(35)19(2)32(17-20-9-12-22(29)16-25(20)30)26(34)18-33(23-13-10-21(28)11-14-23)38(36,37)24-7-5-4-6-8-24/h4-14,16,19H,3,15,17-18H2,1-2H3,(H,31,35). The molecule has 11 heteroatoms. The molecular weight excluding hydrogens is 613 g/mol. The van der Waals surface area contributed by atoms with Gasteiger partial charge in [0.05, 0.1) is 10.6 Å². The van der Waals surface area contributed by atoms with Crippen LogP contribution in [0.15, 0.2) is 82.2 Å². The lowest BCUT2D eigenvalue weighted by Gasteiger charge is -2.32. The molecule has 0 aliphatic carbocycles. The van der Waals surface area contributed by atoms with Gasteiger partial charge in [-0.15, -0.1) is 0 Å². The van der Waals surface area contributed by atoms with Crippen molar-refractivity contribution < 1.29 is 18.0 Å². The third-order valence-corrected chi connectivity index (χ3v) is 8.70. The Morgan fingerprint density at radius 2 is 1.66 bits per heavy atom. The molecule has 1 atom stereocenters. The Labute approximate surface area is 241 Å². The Bertz CT molecular complexity index is 1370. The fourth-order valence-electron chi connectivity index (χ4n) is 3.67. The summed E-state index contributed by atoms with van der Waals surface area (Å²) in [4.78, 5) is 28.1. The number of halogens is 3. The second-order valence-electron chi connectivity index (χ2n) is 8.53. The van der Waals surface area contributed by atoms with Gasteiger partial charge in [-0.2, -0.15) is 0 Å². The van der Waals surface area contributed by atoms with Crippen molar-refractivity contribution in [2.24, 2.45) is 0 Å². The van der Waals surface area contributed by atoms with Crippen molar-refractivity contribution in [3.05, 3.63) is 92.9 Å². The van der Waals surface area contributed by atoms with Gasteiger partial charge in [0.2, 0.25) is 11.8 Å². The smallest absolute Gasteiger partial charge is 0.264 e. The predicted molar refractivity (Wildman–Crippen MR) is 155 cm³/mol. The van der Waals surface area contributed by atoms with Crippen molar-refractivity contribution in [2.45, 2.75) is 37.8 Å². The van der Waals surface area contributed by atoms with Gasteiger partial charge in [-0.25, -0.2) is 8.42 Å². The van der Waals surface area contributed by atoms with Crippen LogP contribution in [0.5, 0.6) is 0 Å². The van der Waals surface area contributed by atoms with E-state index in [-0.39, 0.29) is 17.3 Å². The Balaban J connectivity index is 2.02. The highest BCUT2D eigenvalue weighted by Crippen LogP contribution is 2.27. The van der Waals surface area contributed by atoms with E-state index in [1.165, 1.54) is 17.0 Å². The highest BCUT2D eigenvalue weighted by Gasteiger charge is 2.32. The summed E-state index contributed by atoms with van der Waals surface area (Å²) in [7, 11) is -4.12. The summed E-state index contributed by atoms with van der Waals surface area (Å²) in [5, 5.41) is 3.56. The predicted octanol–water partition coefficient (Wildman–Crippen LogP) is 5.89. The first kappa shape index (κ1) is 30.0. The third-order valence-electron chi connectivity index (χ3n) is 5.80. The zero-order chi connectivity index (χ0) is 27.9. The summed E-state index contributed by atoms with van der Waals surface area (Å²) in [6.07, 6.45) is 0.724. The van der Waals surface area contributed by atoms with Gasteiger partial charge in [0.25, 0.3) is 10.0 Å². The van der Waals surface area contributed by atoms with E-state index in [0.29, 0.717) is 27.8 Å². The van der Waals surface area contributed by atoms with Crippen LogP contribution in [0.4, 0.5) is 5.69 Å². The van der Waals surface area contributed by atoms with Gasteiger partial charge < -0.3 is 10.2 Å². The fraction of sp³-hybridized carbons (Fsp3) is 0.259. The van der Waals surface area contributed by atoms with E-state index in [9.17, 15) is 18.0 Å². The molecule has 0 radical (unpaired) electrons. The van der Waals surface area contributed by atoms with Gasteiger partial charge in [0, 0.05) is 27.6 Å². The van der Waals surface area contributed by atoms with E-state index in [4.69, 9.17) is 23.2 Å². The highest BCUT2D eigenvalue weighted by atomic mass is 79.9. The molecule has 7 nitrogen and oxygen atoms in total. The van der Waals surface area contributed by atoms with Crippen LogP contribution in [0.3, 0.4) is 0 Å². The number of anilines is 1. The van der Waals surface area contributed by atoms with Gasteiger partial charge in [0.1, 0.15) is 12.6 Å². The van der Waals surface area contributed by atoms with Gasteiger partial charge in [-0.05, 0) is 67.4 Å². The molecule has 3 aromatic carbocycles. The van der Waals surface area contributed by atoms with Crippen LogP contribution in [0.2, 0.25) is 10.0 Å². The summed E-state index contributed by atoms with van der Waals surface area (Å²) in [6.45, 7) is 3.42. The van der Waals surface area contributed by atoms with Crippen LogP contribution < -0.4 is 9.62 Å². The second-order valence-corrected chi connectivity index (χ2v) is 12.1. The molecule has 0 aliphatic heterocycles. The first-order valence-corrected chi connectivity index (χ1v) is 14.9. The average molecular weight is 641 g/mol. The molecule has 2 amide bonds. The number of nitrogens with one attached hydrogen (secondary N) is 1. The summed E-state index contributed by atoms with van der Waals surface area (Å²) < 4.78 is 29.2. The third kappa shape index (κ3) is 7.50. The largest absolute Gasteiger partial charge is 0.354 e. The lowest BCUT2D eigenvalue weighted by molar-refractivity contribution is -0.139. The Kier molecular flexibility index (Phi) is 10.6. The number of hydrogen-bond acceptors (Lipinski definition) is 4. The summed E-state index contributed by atoms with van der Waals surface area (Å²) in [5.74, 6) is -0.927. The number of carbonyl (C=O) groups is 2. The van der Waals surface area contributed by atoms with E-state index in [0.717, 1.165) is 15.2 Å². The molecule has 0 spiro atoms. The summed E-state index contributed by atoms with van der Waals surface area (Å²) in [6, 6.07) is 18.5. The molecule has 3 aromatic rings. The molecule has 38 heavy (non-hydrogen) atoms. The van der Waals surface area contributed by atoms with E-state index in [1.807, 2.05) is 6.92 Å². The van der Waals surface area contributed by atoms with Crippen molar-refractivity contribution in [3.63, 3.8) is 0 Å². The molecule has 0 fully saturated rings. The number of nitrogens with zero attached hydrogens (tertiary/aromatic N) is 2. The van der Waals surface area contributed by atoms with Crippen LogP contribution in [0.25, 0.3) is 0 Å². The molecule has 3 rings (SSSR count). The van der Waals surface area contributed by atoms with Crippen molar-refractivity contribution in [1.82, 2.24) is 10.2 Å². The topological polar surface area (TPSA) is 86.8 Å². The maximum Gasteiger partial charge on any atom is 0.264 e. The maximum absolute atomic E-state index is 13.8. The summed E-state index contributed by atoms with van der Waals surface area (Å²) in [5.41, 5.74) is 0.874. The number of rotatable bonds is 11. The monoisotopic (exact) mass is 639 g/mol. The lowest BCUT2D eigenvalue weighted by atomic mass is 10.1. The van der Waals surface area contributed by atoms with Crippen LogP contribution in [0.1, 0.15) is 25.8 Å². The van der Waals surface area contributed by atoms with Crippen LogP contribution in [-0.2, 0) is 26.2 Å². The van der Waals surface area contributed by atoms with Crippen LogP contribution in [0, 0.1) is 0 Å². The molecule has 0 bridgehead atoms. The highest BCUT2D eigenvalue weighted by molar-refractivity contribution is 9.10. The average Bonchev–Trinajstić information content (AvgIpc) is 2.90. The molecular formula is C27H28BrCl2N3O4S. The first-order valence-electron chi connectivity index (χ1n) is 11.9. The SMILES string of the molecule is CCCNC(=O)C(C)N(Cc1ccc(Cl)cc1Cl)C(=O)CN(c1ccc(Br)cc1)S(=O)(=O)c1ccccc1. The maximum atomic E-state index is 13.8. The minimum atomic E-state index is -4.12. The molecule has 0 heterocycles. The van der Waals surface area contributed by atoms with Gasteiger partial charge in [-0.1, -0.05) is 70.3 Å². The molecule has 0 saturated heterocycles. The first-order chi connectivity index (χ1) is 18.0. The van der Waals surface area contributed by atoms with Crippen LogP contribution in [-0.4, -0.2) is 44.3 Å². The zero-order valence-corrected chi connectivity index (χ0v) is 24.8. The number of benzene rings is 3. The molecule has 0 aliphatic rings. The zero-order valence-electron chi connectivity index (χ0n) is 20.9. The van der Waals surface area contributed by atoms with E-state index < -0.39 is 28.5 Å². The van der Waals surface area contributed by atoms with E-state index in [2.05, 4.69) is 21.2 Å². The lowest BCUT2D eigenvalue weighted by Crippen LogP contribution is -2.51. The van der Waals surface area contributed by atoms with Crippen molar-refractivity contribution in [3.8, 4) is 0 Å². The normalized spacial score (nSPS) is 12.0. The van der Waals surface area contributed by atoms with E-state index in [1.54, 1.807) is 67.6 Å². The molecule has 1 N–H and O–H groups in total.